The third-order valence-corrected chi connectivity index (χ3v) is 11.7. The maximum absolute atomic E-state index is 14.4. The van der Waals surface area contributed by atoms with Crippen LogP contribution < -0.4 is 20.1 Å². The molecule has 11 heteroatoms. The Hall–Kier alpha value is -2.27. The van der Waals surface area contributed by atoms with Gasteiger partial charge < -0.3 is 20.3 Å². The van der Waals surface area contributed by atoms with Crippen molar-refractivity contribution in [2.75, 3.05) is 32.7 Å². The Morgan fingerprint density at radius 1 is 1.11 bits per heavy atom. The molecule has 0 radical (unpaired) electrons. The summed E-state index contributed by atoms with van der Waals surface area (Å²) >= 11 is 13.5. The zero-order chi connectivity index (χ0) is 30.8. The molecule has 44 heavy (non-hydrogen) atoms. The number of piperazine rings is 1. The van der Waals surface area contributed by atoms with Gasteiger partial charge in [-0.25, -0.2) is 13.9 Å². The Morgan fingerprint density at radius 2 is 1.89 bits per heavy atom. The highest BCUT2D eigenvalue weighted by atomic mass is 35.5. The summed E-state index contributed by atoms with van der Waals surface area (Å²) < 4.78 is 23.5. The summed E-state index contributed by atoms with van der Waals surface area (Å²) in [6, 6.07) is 11.4. The molecule has 8 nitrogen and oxygen atoms in total. The van der Waals surface area contributed by atoms with Crippen LogP contribution in [0.2, 0.25) is 10.0 Å². The number of para-hydroxylation sites is 1. The maximum atomic E-state index is 14.4. The first kappa shape index (κ1) is 31.7. The summed E-state index contributed by atoms with van der Waals surface area (Å²) in [6.07, 6.45) is 5.23. The molecule has 2 atom stereocenters. The average molecular weight is 659 g/mol. The molecule has 1 saturated carbocycles. The van der Waals surface area contributed by atoms with E-state index in [0.29, 0.717) is 46.5 Å². The van der Waals surface area contributed by atoms with E-state index in [-0.39, 0.29) is 23.6 Å². The largest absolute Gasteiger partial charge is 0.487 e. The fraction of sp³-hybridized carbons (Fsp3) is 0.515. The fourth-order valence-electron chi connectivity index (χ4n) is 7.15. The van der Waals surface area contributed by atoms with Gasteiger partial charge in [-0.1, -0.05) is 48.2 Å². The number of hydrogen-bond donors (Lipinski definition) is 3. The van der Waals surface area contributed by atoms with Crippen LogP contribution in [0.4, 0.5) is 0 Å². The number of rotatable bonds is 8. The molecule has 3 N–H and O–H groups in total. The molecule has 236 valence electrons. The van der Waals surface area contributed by atoms with Gasteiger partial charge in [0.25, 0.3) is 0 Å². The number of halogens is 2. The van der Waals surface area contributed by atoms with Crippen molar-refractivity contribution in [3.63, 3.8) is 0 Å². The monoisotopic (exact) mass is 657 g/mol. The van der Waals surface area contributed by atoms with E-state index in [9.17, 15) is 9.00 Å². The third kappa shape index (κ3) is 6.37. The summed E-state index contributed by atoms with van der Waals surface area (Å²) in [6.45, 7) is 8.28. The number of piperidine rings is 1. The van der Waals surface area contributed by atoms with Crippen molar-refractivity contribution in [3.05, 3.63) is 63.3 Å². The second-order valence-electron chi connectivity index (χ2n) is 12.4. The number of pyridine rings is 1. The molecule has 2 unspecified atom stereocenters. The molecule has 2 aromatic carbocycles. The number of aromatic nitrogens is 1. The Kier molecular flexibility index (Phi) is 9.81. The molecule has 2 aliphatic heterocycles. The van der Waals surface area contributed by atoms with Crippen LogP contribution in [-0.2, 0) is 22.4 Å². The van der Waals surface area contributed by atoms with Crippen molar-refractivity contribution in [1.82, 2.24) is 25.2 Å². The second-order valence-corrected chi connectivity index (χ2v) is 14.3. The van der Waals surface area contributed by atoms with Crippen LogP contribution in [0.3, 0.4) is 0 Å². The Bertz CT molecular complexity index is 1560. The van der Waals surface area contributed by atoms with Crippen molar-refractivity contribution >= 4 is 51.0 Å². The van der Waals surface area contributed by atoms with Gasteiger partial charge in [-0.3, -0.25) is 4.79 Å². The Morgan fingerprint density at radius 3 is 2.66 bits per heavy atom. The molecule has 3 heterocycles. The molecular weight excluding hydrogens is 617 g/mol. The molecular formula is C33H41Cl2N5O3S. The summed E-state index contributed by atoms with van der Waals surface area (Å²) in [5, 5.41) is 8.66. The van der Waals surface area contributed by atoms with E-state index in [1.54, 1.807) is 12.1 Å². The van der Waals surface area contributed by atoms with Gasteiger partial charge in [0.15, 0.2) is 0 Å². The third-order valence-electron chi connectivity index (χ3n) is 9.49. The lowest BCUT2D eigenvalue weighted by Crippen LogP contribution is -2.65. The van der Waals surface area contributed by atoms with Gasteiger partial charge in [0, 0.05) is 47.3 Å². The standard InChI is InChI=1S/C33H41Cl2N5O3S/c1-21-18-22(2)38-31-24(21)6-5-7-28(31)43-20-25-26(34)8-9-29(30(25)35)44(42)39-33(12-3-4-13-33)32(41)40-17-16-37-19-27(40)23-10-14-36-15-11-23/h5-9,18,23,27,36-37,39H,3-4,10-17,19-20H2,1-2H3. The minimum atomic E-state index is -1.74. The number of hydrogen-bond acceptors (Lipinski definition) is 6. The number of fused-ring (bicyclic) bond motifs is 1. The van der Waals surface area contributed by atoms with Gasteiger partial charge in [0.2, 0.25) is 5.91 Å². The van der Waals surface area contributed by atoms with Gasteiger partial charge in [-0.05, 0) is 88.4 Å². The zero-order valence-electron chi connectivity index (χ0n) is 25.4. The second kappa shape index (κ2) is 13.6. The van der Waals surface area contributed by atoms with E-state index in [4.69, 9.17) is 32.9 Å². The summed E-state index contributed by atoms with van der Waals surface area (Å²) in [7, 11) is -1.74. The van der Waals surface area contributed by atoms with Gasteiger partial charge in [-0.15, -0.1) is 0 Å². The van der Waals surface area contributed by atoms with E-state index >= 15 is 0 Å². The number of ether oxygens (including phenoxy) is 1. The van der Waals surface area contributed by atoms with Crippen molar-refractivity contribution in [2.24, 2.45) is 5.92 Å². The predicted octanol–water partition coefficient (Wildman–Crippen LogP) is 5.46. The summed E-state index contributed by atoms with van der Waals surface area (Å²) in [4.78, 5) is 21.5. The van der Waals surface area contributed by atoms with Crippen LogP contribution in [0.25, 0.3) is 10.9 Å². The molecule has 3 fully saturated rings. The van der Waals surface area contributed by atoms with Gasteiger partial charge in [0.1, 0.15) is 34.4 Å². The Balaban J connectivity index is 1.23. The van der Waals surface area contributed by atoms with Crippen LogP contribution in [0.5, 0.6) is 5.75 Å². The van der Waals surface area contributed by atoms with Crippen LogP contribution >= 0.6 is 23.2 Å². The van der Waals surface area contributed by atoms with Crippen LogP contribution in [-0.4, -0.2) is 64.3 Å². The molecule has 2 saturated heterocycles. The molecule has 1 aliphatic carbocycles. The minimum absolute atomic E-state index is 0.0658. The number of carbonyl (C=O) groups is 1. The highest BCUT2D eigenvalue weighted by molar-refractivity contribution is 7.83. The van der Waals surface area contributed by atoms with Gasteiger partial charge >= 0.3 is 0 Å². The summed E-state index contributed by atoms with van der Waals surface area (Å²) in [5.41, 5.74) is 2.45. The van der Waals surface area contributed by atoms with Crippen LogP contribution in [0.1, 0.15) is 55.3 Å². The van der Waals surface area contributed by atoms with E-state index in [1.165, 1.54) is 0 Å². The van der Waals surface area contributed by atoms with E-state index in [0.717, 1.165) is 74.0 Å². The lowest BCUT2D eigenvalue weighted by Gasteiger charge is -2.45. The molecule has 0 spiro atoms. The van der Waals surface area contributed by atoms with E-state index < -0.39 is 16.5 Å². The normalized spacial score (nSPS) is 21.5. The molecule has 1 aromatic heterocycles. The lowest BCUT2D eigenvalue weighted by atomic mass is 9.86. The lowest BCUT2D eigenvalue weighted by molar-refractivity contribution is -0.142. The van der Waals surface area contributed by atoms with Crippen LogP contribution in [0, 0.1) is 19.8 Å². The van der Waals surface area contributed by atoms with Gasteiger partial charge in [-0.2, -0.15) is 0 Å². The highest BCUT2D eigenvalue weighted by Gasteiger charge is 2.48. The number of carbonyl (C=O) groups excluding carboxylic acids is 1. The molecule has 3 aliphatic rings. The smallest absolute Gasteiger partial charge is 0.244 e. The SMILES string of the molecule is Cc1cc(C)c2cccc(OCc3c(Cl)ccc(S(=O)NC4(C(=O)N5CCNCC5C5CCNCC5)CCCC4)c3Cl)c2n1. The number of nitrogens with zero attached hydrogens (tertiary/aromatic N) is 2. The Labute approximate surface area is 272 Å². The number of aryl methyl sites for hydroxylation is 2. The molecule has 3 aromatic rings. The van der Waals surface area contributed by atoms with Crippen molar-refractivity contribution in [1.29, 1.82) is 0 Å². The molecule has 6 rings (SSSR count). The average Bonchev–Trinajstić information content (AvgIpc) is 3.50. The first-order valence-corrected chi connectivity index (χ1v) is 17.6. The first-order valence-electron chi connectivity index (χ1n) is 15.7. The first-order chi connectivity index (χ1) is 21.3. The number of benzene rings is 2. The molecule has 1 amide bonds. The predicted molar refractivity (Wildman–Crippen MR) is 177 cm³/mol. The van der Waals surface area contributed by atoms with Crippen molar-refractivity contribution < 1.29 is 13.7 Å². The fourth-order valence-corrected chi connectivity index (χ4v) is 9.07. The number of amides is 1. The minimum Gasteiger partial charge on any atom is -0.487 e. The maximum Gasteiger partial charge on any atom is 0.244 e. The van der Waals surface area contributed by atoms with Crippen molar-refractivity contribution in [2.45, 2.75) is 75.5 Å². The topological polar surface area (TPSA) is 95.6 Å². The van der Waals surface area contributed by atoms with Crippen LogP contribution in [0.15, 0.2) is 41.3 Å². The van der Waals surface area contributed by atoms with E-state index in [2.05, 4.69) is 27.2 Å². The number of nitrogens with one attached hydrogen (secondary N) is 3. The molecule has 0 bridgehead atoms. The van der Waals surface area contributed by atoms with Gasteiger partial charge in [0.05, 0.1) is 9.92 Å². The zero-order valence-corrected chi connectivity index (χ0v) is 27.7. The van der Waals surface area contributed by atoms with Crippen molar-refractivity contribution in [3.8, 4) is 5.75 Å². The quantitative estimate of drug-likeness (QED) is 0.298. The van der Waals surface area contributed by atoms with E-state index in [1.807, 2.05) is 31.2 Å². The highest BCUT2D eigenvalue weighted by Crippen LogP contribution is 2.37. The summed E-state index contributed by atoms with van der Waals surface area (Å²) in [5.74, 6) is 1.15.